The summed E-state index contributed by atoms with van der Waals surface area (Å²) >= 11 is 1.52. The van der Waals surface area contributed by atoms with Gasteiger partial charge in [-0.15, -0.1) is 11.3 Å². The number of carboxylic acid groups (broad SMARTS) is 1. The monoisotopic (exact) mass is 212 g/mol. The first-order valence-corrected chi connectivity index (χ1v) is 5.50. The largest absolute Gasteiger partial charge is 0.480 e. The molecule has 1 aromatic rings. The molecule has 14 heavy (non-hydrogen) atoms. The van der Waals surface area contributed by atoms with Crippen LogP contribution in [-0.2, 0) is 4.79 Å². The first-order valence-electron chi connectivity index (χ1n) is 4.62. The fourth-order valence-electron chi connectivity index (χ4n) is 1.41. The van der Waals surface area contributed by atoms with E-state index in [4.69, 9.17) is 10.8 Å². The number of aromatic nitrogens is 1. The molecular formula is C9H12N2O2S. The fourth-order valence-corrected chi connectivity index (χ4v) is 2.44. The van der Waals surface area contributed by atoms with Crippen LogP contribution in [0.1, 0.15) is 41.9 Å². The topological polar surface area (TPSA) is 76.2 Å². The minimum atomic E-state index is -1.02. The van der Waals surface area contributed by atoms with Crippen LogP contribution in [0.4, 0.5) is 0 Å². The van der Waals surface area contributed by atoms with Crippen molar-refractivity contribution in [1.82, 2.24) is 4.98 Å². The summed E-state index contributed by atoms with van der Waals surface area (Å²) in [6, 6.07) is -0.972. The highest BCUT2D eigenvalue weighted by Gasteiger charge is 2.24. The lowest BCUT2D eigenvalue weighted by atomic mass is 9.86. The van der Waals surface area contributed by atoms with E-state index in [1.165, 1.54) is 30.6 Å². The summed E-state index contributed by atoms with van der Waals surface area (Å²) in [5.41, 5.74) is 5.95. The van der Waals surface area contributed by atoms with Gasteiger partial charge in [-0.2, -0.15) is 0 Å². The SMILES string of the molecule is NC(C(=O)O)c1csc(C2CCC2)n1. The van der Waals surface area contributed by atoms with Crippen LogP contribution in [-0.4, -0.2) is 16.1 Å². The van der Waals surface area contributed by atoms with Crippen LogP contribution in [0, 0.1) is 0 Å². The van der Waals surface area contributed by atoms with Crippen molar-refractivity contribution in [3.8, 4) is 0 Å². The Morgan fingerprint density at radius 3 is 2.93 bits per heavy atom. The van der Waals surface area contributed by atoms with Crippen LogP contribution in [0.25, 0.3) is 0 Å². The Morgan fingerprint density at radius 1 is 1.71 bits per heavy atom. The van der Waals surface area contributed by atoms with Gasteiger partial charge in [0, 0.05) is 11.3 Å². The van der Waals surface area contributed by atoms with E-state index in [0.29, 0.717) is 11.6 Å². The van der Waals surface area contributed by atoms with Crippen molar-refractivity contribution in [3.05, 3.63) is 16.1 Å². The van der Waals surface area contributed by atoms with E-state index in [2.05, 4.69) is 4.98 Å². The number of hydrogen-bond acceptors (Lipinski definition) is 4. The van der Waals surface area contributed by atoms with Gasteiger partial charge in [0.2, 0.25) is 0 Å². The van der Waals surface area contributed by atoms with Crippen molar-refractivity contribution in [2.24, 2.45) is 5.73 Å². The number of thiazole rings is 1. The summed E-state index contributed by atoms with van der Waals surface area (Å²) in [7, 11) is 0. The Labute approximate surface area is 85.8 Å². The standard InChI is InChI=1S/C9H12N2O2S/c10-7(9(12)13)6-4-14-8(11-6)5-2-1-3-5/h4-5,7H,1-3,10H2,(H,12,13). The molecule has 0 saturated heterocycles. The van der Waals surface area contributed by atoms with Gasteiger partial charge in [0.25, 0.3) is 0 Å². The Morgan fingerprint density at radius 2 is 2.43 bits per heavy atom. The van der Waals surface area contributed by atoms with Gasteiger partial charge >= 0.3 is 5.97 Å². The van der Waals surface area contributed by atoms with Gasteiger partial charge in [-0.05, 0) is 12.8 Å². The zero-order valence-corrected chi connectivity index (χ0v) is 8.46. The molecule has 1 atom stereocenters. The molecule has 1 saturated carbocycles. The summed E-state index contributed by atoms with van der Waals surface area (Å²) in [6.45, 7) is 0. The number of hydrogen-bond donors (Lipinski definition) is 2. The molecule has 0 spiro atoms. The molecule has 0 radical (unpaired) electrons. The molecule has 4 nitrogen and oxygen atoms in total. The highest BCUT2D eigenvalue weighted by Crippen LogP contribution is 2.38. The minimum absolute atomic E-state index is 0.490. The highest BCUT2D eigenvalue weighted by atomic mass is 32.1. The summed E-state index contributed by atoms with van der Waals surface area (Å²) in [4.78, 5) is 14.9. The Bertz CT molecular complexity index is 346. The highest BCUT2D eigenvalue weighted by molar-refractivity contribution is 7.09. The van der Waals surface area contributed by atoms with Crippen LogP contribution in [0.5, 0.6) is 0 Å². The van der Waals surface area contributed by atoms with Crippen LogP contribution in [0.15, 0.2) is 5.38 Å². The maximum absolute atomic E-state index is 10.6. The molecule has 3 N–H and O–H groups in total. The third-order valence-corrected chi connectivity index (χ3v) is 3.60. The van der Waals surface area contributed by atoms with Crippen molar-refractivity contribution in [2.75, 3.05) is 0 Å². The lowest BCUT2D eigenvalue weighted by Crippen LogP contribution is -2.21. The average molecular weight is 212 g/mol. The normalized spacial score (nSPS) is 18.9. The van der Waals surface area contributed by atoms with E-state index in [1.807, 2.05) is 0 Å². The number of carboxylic acids is 1. The van der Waals surface area contributed by atoms with Crippen molar-refractivity contribution < 1.29 is 9.90 Å². The second kappa shape index (κ2) is 3.67. The summed E-state index contributed by atoms with van der Waals surface area (Å²) in [6.07, 6.45) is 3.61. The van der Waals surface area contributed by atoms with Gasteiger partial charge in [0.15, 0.2) is 0 Å². The fraction of sp³-hybridized carbons (Fsp3) is 0.556. The summed E-state index contributed by atoms with van der Waals surface area (Å²) in [5, 5.41) is 11.5. The molecule has 0 aliphatic heterocycles. The van der Waals surface area contributed by atoms with Gasteiger partial charge in [0.05, 0.1) is 10.7 Å². The number of carbonyl (C=O) groups is 1. The van der Waals surface area contributed by atoms with Gasteiger partial charge in [-0.1, -0.05) is 6.42 Å². The molecular weight excluding hydrogens is 200 g/mol. The second-order valence-corrected chi connectivity index (χ2v) is 4.44. The van der Waals surface area contributed by atoms with Crippen LogP contribution in [0.3, 0.4) is 0 Å². The van der Waals surface area contributed by atoms with Gasteiger partial charge in [-0.25, -0.2) is 4.98 Å². The smallest absolute Gasteiger partial charge is 0.326 e. The zero-order chi connectivity index (χ0) is 10.1. The molecule has 0 aromatic carbocycles. The van der Waals surface area contributed by atoms with Crippen LogP contribution in [0.2, 0.25) is 0 Å². The zero-order valence-electron chi connectivity index (χ0n) is 7.64. The molecule has 1 heterocycles. The van der Waals surface area contributed by atoms with Crippen molar-refractivity contribution in [2.45, 2.75) is 31.2 Å². The van der Waals surface area contributed by atoms with E-state index in [9.17, 15) is 4.79 Å². The predicted octanol–water partition coefficient (Wildman–Crippen LogP) is 1.50. The Balaban J connectivity index is 2.12. The van der Waals surface area contributed by atoms with Crippen molar-refractivity contribution >= 4 is 17.3 Å². The minimum Gasteiger partial charge on any atom is -0.480 e. The lowest BCUT2D eigenvalue weighted by molar-refractivity contribution is -0.138. The van der Waals surface area contributed by atoms with E-state index in [1.54, 1.807) is 5.38 Å². The van der Waals surface area contributed by atoms with Crippen molar-refractivity contribution in [3.63, 3.8) is 0 Å². The molecule has 0 amide bonds. The first-order chi connectivity index (χ1) is 6.68. The Hall–Kier alpha value is -0.940. The molecule has 1 aliphatic carbocycles. The van der Waals surface area contributed by atoms with Gasteiger partial charge in [0.1, 0.15) is 6.04 Å². The number of aliphatic carboxylic acids is 1. The van der Waals surface area contributed by atoms with E-state index in [0.717, 1.165) is 5.01 Å². The van der Waals surface area contributed by atoms with Gasteiger partial charge in [-0.3, -0.25) is 4.79 Å². The average Bonchev–Trinajstić information content (AvgIpc) is 2.48. The molecule has 2 rings (SSSR count). The molecule has 5 heteroatoms. The second-order valence-electron chi connectivity index (χ2n) is 3.55. The Kier molecular flexibility index (Phi) is 2.52. The van der Waals surface area contributed by atoms with E-state index >= 15 is 0 Å². The molecule has 1 fully saturated rings. The quantitative estimate of drug-likeness (QED) is 0.796. The molecule has 76 valence electrons. The van der Waals surface area contributed by atoms with Crippen LogP contribution < -0.4 is 5.73 Å². The maximum atomic E-state index is 10.6. The molecule has 0 bridgehead atoms. The molecule has 1 aliphatic rings. The number of nitrogens with zero attached hydrogens (tertiary/aromatic N) is 1. The number of nitrogens with two attached hydrogens (primary N) is 1. The molecule has 1 aromatic heterocycles. The lowest BCUT2D eigenvalue weighted by Gasteiger charge is -2.22. The van der Waals surface area contributed by atoms with Crippen molar-refractivity contribution in [1.29, 1.82) is 0 Å². The number of rotatable bonds is 3. The first kappa shape index (κ1) is 9.61. The third-order valence-electron chi connectivity index (χ3n) is 2.58. The third kappa shape index (κ3) is 1.65. The summed E-state index contributed by atoms with van der Waals surface area (Å²) < 4.78 is 0. The van der Waals surface area contributed by atoms with Crippen LogP contribution >= 0.6 is 11.3 Å². The van der Waals surface area contributed by atoms with E-state index < -0.39 is 12.0 Å². The molecule has 1 unspecified atom stereocenters. The maximum Gasteiger partial charge on any atom is 0.326 e. The van der Waals surface area contributed by atoms with E-state index in [-0.39, 0.29) is 0 Å². The van der Waals surface area contributed by atoms with Gasteiger partial charge < -0.3 is 10.8 Å². The summed E-state index contributed by atoms with van der Waals surface area (Å²) in [5.74, 6) is -0.467. The predicted molar refractivity (Wildman–Crippen MR) is 53.3 cm³/mol.